The summed E-state index contributed by atoms with van der Waals surface area (Å²) in [6.45, 7) is 2.58. The second-order valence-electron chi connectivity index (χ2n) is 7.83. The maximum Gasteiger partial charge on any atom is 0.322 e. The molecule has 1 aliphatic carbocycles. The molecule has 1 aromatic heterocycles. The third kappa shape index (κ3) is 3.28. The number of urea groups is 1. The van der Waals surface area contributed by atoms with Gasteiger partial charge in [-0.05, 0) is 55.3 Å². The van der Waals surface area contributed by atoms with Crippen molar-refractivity contribution in [3.63, 3.8) is 0 Å². The fourth-order valence-electron chi connectivity index (χ4n) is 4.22. The Labute approximate surface area is 169 Å². The first-order chi connectivity index (χ1) is 13.7. The molecule has 0 spiro atoms. The maximum absolute atomic E-state index is 12.9. The number of carbonyl (C=O) groups is 1. The van der Waals surface area contributed by atoms with Crippen LogP contribution in [0.5, 0.6) is 0 Å². The highest BCUT2D eigenvalue weighted by Crippen LogP contribution is 2.36. The molecule has 5 heteroatoms. The summed E-state index contributed by atoms with van der Waals surface area (Å²) in [5, 5.41) is 4.37. The molecule has 0 bridgehead atoms. The van der Waals surface area contributed by atoms with E-state index in [-0.39, 0.29) is 6.03 Å². The van der Waals surface area contributed by atoms with Gasteiger partial charge in [0.05, 0.1) is 0 Å². The largest absolute Gasteiger partial charge is 0.344 e. The Morgan fingerprint density at radius 2 is 1.93 bits per heavy atom. The topological polar surface area (TPSA) is 37.3 Å². The average molecular weight is 392 g/mol. The molecule has 0 unspecified atom stereocenters. The lowest BCUT2D eigenvalue weighted by Gasteiger charge is -2.28. The van der Waals surface area contributed by atoms with Crippen LogP contribution >= 0.6 is 11.8 Å². The molecular formula is C23H25N3OS. The summed E-state index contributed by atoms with van der Waals surface area (Å²) in [7, 11) is 0. The van der Waals surface area contributed by atoms with Crippen LogP contribution in [0.4, 0.5) is 10.5 Å². The van der Waals surface area contributed by atoms with E-state index < -0.39 is 0 Å². The SMILES string of the molecule is CSc1ccc(NC(=O)N2CCc3c(c4ccccc4n3CC3CC3)C2)cc1. The smallest absolute Gasteiger partial charge is 0.322 e. The molecule has 28 heavy (non-hydrogen) atoms. The second kappa shape index (κ2) is 7.21. The van der Waals surface area contributed by atoms with E-state index in [2.05, 4.69) is 40.4 Å². The lowest BCUT2D eigenvalue weighted by atomic mass is 10.0. The zero-order valence-electron chi connectivity index (χ0n) is 16.1. The van der Waals surface area contributed by atoms with E-state index in [1.165, 1.54) is 39.9 Å². The van der Waals surface area contributed by atoms with Crippen LogP contribution in [0, 0.1) is 5.92 Å². The van der Waals surface area contributed by atoms with E-state index in [9.17, 15) is 4.79 Å². The number of hydrogen-bond donors (Lipinski definition) is 1. The van der Waals surface area contributed by atoms with Gasteiger partial charge in [-0.25, -0.2) is 4.79 Å². The van der Waals surface area contributed by atoms with E-state index in [0.29, 0.717) is 6.54 Å². The van der Waals surface area contributed by atoms with E-state index in [1.807, 2.05) is 29.2 Å². The van der Waals surface area contributed by atoms with Crippen LogP contribution < -0.4 is 5.32 Å². The summed E-state index contributed by atoms with van der Waals surface area (Å²) in [6, 6.07) is 16.7. The van der Waals surface area contributed by atoms with Crippen molar-refractivity contribution in [1.82, 2.24) is 9.47 Å². The lowest BCUT2D eigenvalue weighted by Crippen LogP contribution is -2.39. The molecule has 2 aliphatic rings. The number of rotatable bonds is 4. The number of anilines is 1. The van der Waals surface area contributed by atoms with Crippen molar-refractivity contribution in [3.05, 3.63) is 59.8 Å². The van der Waals surface area contributed by atoms with Gasteiger partial charge in [0.25, 0.3) is 0 Å². The number of nitrogens with one attached hydrogen (secondary N) is 1. The first kappa shape index (κ1) is 17.7. The van der Waals surface area contributed by atoms with Crippen molar-refractivity contribution >= 4 is 34.4 Å². The number of thioether (sulfide) groups is 1. The fourth-order valence-corrected chi connectivity index (χ4v) is 4.63. The Morgan fingerprint density at radius 3 is 2.68 bits per heavy atom. The fraction of sp³-hybridized carbons (Fsp3) is 0.348. The zero-order valence-corrected chi connectivity index (χ0v) is 17.0. The van der Waals surface area contributed by atoms with Crippen molar-refractivity contribution in [2.75, 3.05) is 18.1 Å². The molecule has 1 saturated carbocycles. The Balaban J connectivity index is 1.39. The van der Waals surface area contributed by atoms with Gasteiger partial charge in [0, 0.05) is 58.8 Å². The molecule has 1 aliphatic heterocycles. The summed E-state index contributed by atoms with van der Waals surface area (Å²) in [6.07, 6.45) is 5.68. The van der Waals surface area contributed by atoms with Crippen LogP contribution in [0.1, 0.15) is 24.1 Å². The summed E-state index contributed by atoms with van der Waals surface area (Å²) in [4.78, 5) is 16.0. The minimum absolute atomic E-state index is 0.0124. The van der Waals surface area contributed by atoms with Crippen molar-refractivity contribution in [3.8, 4) is 0 Å². The van der Waals surface area contributed by atoms with Crippen molar-refractivity contribution in [2.24, 2.45) is 5.92 Å². The van der Waals surface area contributed by atoms with Crippen molar-refractivity contribution in [1.29, 1.82) is 0 Å². The van der Waals surface area contributed by atoms with Gasteiger partial charge in [0.2, 0.25) is 0 Å². The van der Waals surface area contributed by atoms with E-state index in [4.69, 9.17) is 0 Å². The number of amides is 2. The van der Waals surface area contributed by atoms with Crippen molar-refractivity contribution < 1.29 is 4.79 Å². The molecule has 2 amide bonds. The molecular weight excluding hydrogens is 366 g/mol. The first-order valence-electron chi connectivity index (χ1n) is 10.0. The second-order valence-corrected chi connectivity index (χ2v) is 8.71. The van der Waals surface area contributed by atoms with Crippen LogP contribution in [0.15, 0.2) is 53.4 Å². The molecule has 3 aromatic rings. The van der Waals surface area contributed by atoms with Crippen molar-refractivity contribution in [2.45, 2.75) is 37.2 Å². The van der Waals surface area contributed by atoms with Crippen LogP contribution in [0.3, 0.4) is 0 Å². The third-order valence-corrected chi connectivity index (χ3v) is 6.67. The van der Waals surface area contributed by atoms with E-state index in [0.717, 1.165) is 31.1 Å². The minimum atomic E-state index is -0.0124. The predicted octanol–water partition coefficient (Wildman–Crippen LogP) is 5.36. The monoisotopic (exact) mass is 391 g/mol. The molecule has 0 saturated heterocycles. The average Bonchev–Trinajstić information content (AvgIpc) is 3.51. The number of carbonyl (C=O) groups excluding carboxylic acids is 1. The highest BCUT2D eigenvalue weighted by atomic mass is 32.2. The van der Waals surface area contributed by atoms with Crippen LogP contribution in [-0.2, 0) is 19.5 Å². The van der Waals surface area contributed by atoms with Gasteiger partial charge in [-0.3, -0.25) is 0 Å². The van der Waals surface area contributed by atoms with Gasteiger partial charge in [-0.15, -0.1) is 11.8 Å². The molecule has 0 radical (unpaired) electrons. The number of nitrogens with zero attached hydrogens (tertiary/aromatic N) is 2. The van der Waals surface area contributed by atoms with Gasteiger partial charge in [-0.2, -0.15) is 0 Å². The van der Waals surface area contributed by atoms with E-state index in [1.54, 1.807) is 11.8 Å². The minimum Gasteiger partial charge on any atom is -0.344 e. The Hall–Kier alpha value is -2.40. The van der Waals surface area contributed by atoms with Gasteiger partial charge < -0.3 is 14.8 Å². The highest BCUT2D eigenvalue weighted by Gasteiger charge is 2.29. The molecule has 2 aromatic carbocycles. The Kier molecular flexibility index (Phi) is 4.55. The lowest BCUT2D eigenvalue weighted by molar-refractivity contribution is 0.206. The molecule has 144 valence electrons. The van der Waals surface area contributed by atoms with Gasteiger partial charge in [-0.1, -0.05) is 18.2 Å². The molecule has 1 N–H and O–H groups in total. The number of benzene rings is 2. The number of fused-ring (bicyclic) bond motifs is 3. The Morgan fingerprint density at radius 1 is 1.14 bits per heavy atom. The molecule has 5 rings (SSSR count). The summed E-state index contributed by atoms with van der Waals surface area (Å²) >= 11 is 1.70. The summed E-state index contributed by atoms with van der Waals surface area (Å²) in [5.41, 5.74) is 4.94. The third-order valence-electron chi connectivity index (χ3n) is 5.93. The molecule has 0 atom stereocenters. The molecule has 4 nitrogen and oxygen atoms in total. The van der Waals surface area contributed by atoms with Crippen LogP contribution in [-0.4, -0.2) is 28.3 Å². The first-order valence-corrected chi connectivity index (χ1v) is 11.2. The predicted molar refractivity (Wildman–Crippen MR) is 116 cm³/mol. The quantitative estimate of drug-likeness (QED) is 0.608. The van der Waals surface area contributed by atoms with Gasteiger partial charge in [0.1, 0.15) is 0 Å². The Bertz CT molecular complexity index is 1020. The zero-order chi connectivity index (χ0) is 19.1. The van der Waals surface area contributed by atoms with E-state index >= 15 is 0 Å². The van der Waals surface area contributed by atoms with Crippen LogP contribution in [0.25, 0.3) is 10.9 Å². The normalized spacial score (nSPS) is 16.2. The van der Waals surface area contributed by atoms with Crippen LogP contribution in [0.2, 0.25) is 0 Å². The highest BCUT2D eigenvalue weighted by molar-refractivity contribution is 7.98. The number of aromatic nitrogens is 1. The van der Waals surface area contributed by atoms with Gasteiger partial charge >= 0.3 is 6.03 Å². The summed E-state index contributed by atoms with van der Waals surface area (Å²) in [5.74, 6) is 0.838. The standard InChI is InChI=1S/C23H25N3OS/c1-28-18-10-8-17(9-11-18)24-23(27)25-13-12-22-20(15-25)19-4-2-3-5-21(19)26(22)14-16-6-7-16/h2-5,8-11,16H,6-7,12-15H2,1H3,(H,24,27). The number of para-hydroxylation sites is 1. The molecule has 1 fully saturated rings. The maximum atomic E-state index is 12.9. The number of hydrogen-bond acceptors (Lipinski definition) is 2. The molecule has 2 heterocycles. The van der Waals surface area contributed by atoms with Gasteiger partial charge in [0.15, 0.2) is 0 Å². The summed E-state index contributed by atoms with van der Waals surface area (Å²) < 4.78 is 2.53.